The fourth-order valence-electron chi connectivity index (χ4n) is 15.0. The minimum Gasteiger partial charge on any atom is -0.507 e. The van der Waals surface area contributed by atoms with Crippen molar-refractivity contribution in [1.82, 2.24) is 0 Å². The Balaban J connectivity index is 1.70. The van der Waals surface area contributed by atoms with Gasteiger partial charge >= 0.3 is 8.60 Å². The first-order valence-electron chi connectivity index (χ1n) is 41.1. The van der Waals surface area contributed by atoms with Gasteiger partial charge in [-0.25, -0.2) is 0 Å². The van der Waals surface area contributed by atoms with Crippen LogP contribution < -0.4 is 0 Å². The molecule has 0 aromatic heterocycles. The highest BCUT2D eigenvalue weighted by molar-refractivity contribution is 7.41. The summed E-state index contributed by atoms with van der Waals surface area (Å²) in [5.74, 6) is 2.07. The molecule has 9 nitrogen and oxygen atoms in total. The standard InChI is InChI=1S/C99H153O9P/c1-88(2,3)70-49-61(50-71(82(70)100)89(4,5)6)37-43-67(44-38-62-51-72(90(7,8)9)83(101)73(52-62)91(10,11)12)106-109(107-68(45-39-63-53-74(92(13,14)15)84(102)75(54-63)93(16,17)18)46-40-64-55-76(94(19,20)21)85(103)77(56-64)95(22,23)24)108-69(47-41-65-57-78(96(25,26)27)86(104)79(58-65)97(28,29)30)48-42-66-59-80(98(31,32)33)87(105)81(60-66)99(34,35)36/h49-60,67-69,100-105H,37-48H2,1-36H3. The van der Waals surface area contributed by atoms with Gasteiger partial charge in [-0.2, -0.15) is 0 Å². The van der Waals surface area contributed by atoms with E-state index in [9.17, 15) is 30.6 Å². The van der Waals surface area contributed by atoms with E-state index in [-0.39, 0.29) is 65.0 Å². The Labute approximate surface area is 666 Å². The van der Waals surface area contributed by atoms with E-state index in [2.05, 4.69) is 322 Å². The lowest BCUT2D eigenvalue weighted by atomic mass is 9.77. The molecule has 6 rings (SSSR count). The fraction of sp³-hybridized carbons (Fsp3) is 0.636. The van der Waals surface area contributed by atoms with Gasteiger partial charge in [0.25, 0.3) is 0 Å². The molecule has 0 aliphatic rings. The van der Waals surface area contributed by atoms with Crippen molar-refractivity contribution in [2.75, 3.05) is 0 Å². The van der Waals surface area contributed by atoms with Gasteiger partial charge in [0.2, 0.25) is 0 Å². The molecular formula is C99H153O9P. The van der Waals surface area contributed by atoms with Gasteiger partial charge in [-0.1, -0.05) is 322 Å². The number of aryl methyl sites for hydroxylation is 6. The van der Waals surface area contributed by atoms with E-state index in [1.165, 1.54) is 0 Å². The minimum absolute atomic E-state index is 0.344. The van der Waals surface area contributed by atoms with Crippen LogP contribution in [0.4, 0.5) is 0 Å². The summed E-state index contributed by atoms with van der Waals surface area (Å²) in [6, 6.07) is 26.4. The molecule has 6 aromatic carbocycles. The second kappa shape index (κ2) is 33.5. The Morgan fingerprint density at radius 3 is 0.367 bits per heavy atom. The molecule has 0 aliphatic heterocycles. The number of aromatic hydroxyl groups is 6. The van der Waals surface area contributed by atoms with E-state index in [0.717, 1.165) is 100 Å². The van der Waals surface area contributed by atoms with Crippen molar-refractivity contribution in [2.24, 2.45) is 0 Å². The SMILES string of the molecule is CC(C)(C)c1cc(CCC(CCc2cc(C(C)(C)C)c(O)c(C(C)(C)C)c2)OP(OC(CCc2cc(C(C)(C)C)c(O)c(C(C)(C)C)c2)CCc2cc(C(C)(C)C)c(O)c(C(C)(C)C)c2)OC(CCc2cc(C(C)(C)C)c(O)c(C(C)(C)C)c2)CCc2cc(C(C)(C)C)c(O)c(C(C)(C)C)c2)cc(C(C)(C)C)c1O. The Kier molecular flexibility index (Phi) is 28.3. The summed E-state index contributed by atoms with van der Waals surface area (Å²) in [4.78, 5) is 0. The first-order valence-corrected chi connectivity index (χ1v) is 42.2. The zero-order valence-electron chi connectivity index (χ0n) is 75.5. The monoisotopic (exact) mass is 1520 g/mol. The van der Waals surface area contributed by atoms with Gasteiger partial charge in [0.05, 0.1) is 18.3 Å². The quantitative estimate of drug-likeness (QED) is 0.0326. The Morgan fingerprint density at radius 2 is 0.284 bits per heavy atom. The topological polar surface area (TPSA) is 149 Å². The van der Waals surface area contributed by atoms with Crippen LogP contribution in [0, 0.1) is 0 Å². The summed E-state index contributed by atoms with van der Waals surface area (Å²) in [7, 11) is -2.23. The zero-order valence-corrected chi connectivity index (χ0v) is 76.4. The highest BCUT2D eigenvalue weighted by Gasteiger charge is 2.37. The van der Waals surface area contributed by atoms with Gasteiger partial charge in [-0.3, -0.25) is 0 Å². The van der Waals surface area contributed by atoms with Crippen LogP contribution in [0.3, 0.4) is 0 Å². The predicted molar refractivity (Wildman–Crippen MR) is 465 cm³/mol. The molecule has 0 radical (unpaired) electrons. The Hall–Kier alpha value is -5.57. The van der Waals surface area contributed by atoms with Gasteiger partial charge in [-0.05, 0) is 242 Å². The molecule has 6 N–H and O–H groups in total. The molecule has 0 unspecified atom stereocenters. The Morgan fingerprint density at radius 1 is 0.193 bits per heavy atom. The molecule has 0 aliphatic carbocycles. The average Bonchev–Trinajstić information content (AvgIpc) is 0.816. The summed E-state index contributed by atoms with van der Waals surface area (Å²) in [5.41, 5.74) is 13.5. The first kappa shape index (κ1) is 92.3. The molecule has 608 valence electrons. The highest BCUT2D eigenvalue weighted by Crippen LogP contribution is 2.52. The molecule has 0 saturated heterocycles. The van der Waals surface area contributed by atoms with Crippen LogP contribution in [0.25, 0.3) is 0 Å². The van der Waals surface area contributed by atoms with E-state index < -0.39 is 26.9 Å². The third-order valence-electron chi connectivity index (χ3n) is 21.9. The molecule has 0 spiro atoms. The molecule has 0 heterocycles. The van der Waals surface area contributed by atoms with Crippen molar-refractivity contribution in [3.8, 4) is 34.5 Å². The van der Waals surface area contributed by atoms with Crippen molar-refractivity contribution < 1.29 is 44.2 Å². The zero-order chi connectivity index (χ0) is 83.3. The summed E-state index contributed by atoms with van der Waals surface area (Å²) in [5, 5.41) is 72.8. The minimum atomic E-state index is -2.23. The van der Waals surface area contributed by atoms with Gasteiger partial charge in [0.15, 0.2) is 0 Å². The molecule has 0 bridgehead atoms. The van der Waals surface area contributed by atoms with E-state index in [0.29, 0.717) is 112 Å². The van der Waals surface area contributed by atoms with Crippen LogP contribution in [0.15, 0.2) is 72.8 Å². The first-order chi connectivity index (χ1) is 49.1. The van der Waals surface area contributed by atoms with Crippen molar-refractivity contribution in [2.45, 2.75) is 410 Å². The van der Waals surface area contributed by atoms with Crippen LogP contribution >= 0.6 is 8.60 Å². The normalized spacial score (nSPS) is 13.9. The average molecular weight is 1520 g/mol. The molecule has 109 heavy (non-hydrogen) atoms. The van der Waals surface area contributed by atoms with Crippen LogP contribution in [-0.2, 0) is 117 Å². The number of benzene rings is 6. The van der Waals surface area contributed by atoms with Crippen LogP contribution in [0.1, 0.15) is 388 Å². The smallest absolute Gasteiger partial charge is 0.333 e. The molecule has 0 saturated carbocycles. The molecule has 0 amide bonds. The van der Waals surface area contributed by atoms with Gasteiger partial charge in [0, 0.05) is 0 Å². The molecule has 0 fully saturated rings. The molecule has 0 atom stereocenters. The highest BCUT2D eigenvalue weighted by atomic mass is 31.2. The second-order valence-corrected chi connectivity index (χ2v) is 46.0. The number of hydrogen-bond acceptors (Lipinski definition) is 9. The predicted octanol–water partition coefficient (Wildman–Crippen LogP) is 27.0. The van der Waals surface area contributed by atoms with Crippen molar-refractivity contribution in [3.05, 3.63) is 173 Å². The number of rotatable bonds is 24. The molecule has 10 heteroatoms. The Bertz CT molecular complexity index is 3210. The lowest BCUT2D eigenvalue weighted by Gasteiger charge is -2.32. The third kappa shape index (κ3) is 24.7. The third-order valence-corrected chi connectivity index (χ3v) is 23.4. The number of phenolic OH excluding ortho intramolecular Hbond substituents is 6. The second-order valence-electron chi connectivity index (χ2n) is 44.9. The maximum Gasteiger partial charge on any atom is 0.333 e. The lowest BCUT2D eigenvalue weighted by molar-refractivity contribution is 0.0512. The summed E-state index contributed by atoms with van der Waals surface area (Å²) in [6.07, 6.45) is 6.18. The van der Waals surface area contributed by atoms with Gasteiger partial charge < -0.3 is 44.2 Å². The van der Waals surface area contributed by atoms with E-state index in [1.54, 1.807) is 0 Å². The van der Waals surface area contributed by atoms with Crippen molar-refractivity contribution in [3.63, 3.8) is 0 Å². The van der Waals surface area contributed by atoms with Gasteiger partial charge in [0.1, 0.15) is 34.5 Å². The summed E-state index contributed by atoms with van der Waals surface area (Å²) >= 11 is 0. The molecular weight excluding hydrogens is 1360 g/mol. The maximum absolute atomic E-state index is 12.1. The van der Waals surface area contributed by atoms with Gasteiger partial charge in [-0.15, -0.1) is 0 Å². The van der Waals surface area contributed by atoms with Crippen molar-refractivity contribution in [1.29, 1.82) is 0 Å². The van der Waals surface area contributed by atoms with E-state index in [4.69, 9.17) is 13.6 Å². The molecule has 6 aromatic rings. The van der Waals surface area contributed by atoms with E-state index >= 15 is 0 Å². The maximum atomic E-state index is 12.1. The summed E-state index contributed by atoms with van der Waals surface area (Å²) in [6.45, 7) is 78.0. The largest absolute Gasteiger partial charge is 0.507 e. The van der Waals surface area contributed by atoms with Crippen LogP contribution in [0.5, 0.6) is 34.5 Å². The van der Waals surface area contributed by atoms with Crippen LogP contribution in [-0.4, -0.2) is 49.0 Å². The summed E-state index contributed by atoms with van der Waals surface area (Å²) < 4.78 is 23.9. The van der Waals surface area contributed by atoms with Crippen molar-refractivity contribution >= 4 is 8.60 Å². The van der Waals surface area contributed by atoms with E-state index in [1.807, 2.05) is 0 Å². The number of phenols is 6. The lowest BCUT2D eigenvalue weighted by Crippen LogP contribution is -2.23. The fourth-order valence-corrected chi connectivity index (χ4v) is 16.6. The number of hydrogen-bond donors (Lipinski definition) is 6. The van der Waals surface area contributed by atoms with Crippen LogP contribution in [0.2, 0.25) is 0 Å².